The van der Waals surface area contributed by atoms with Crippen LogP contribution in [0.5, 0.6) is 0 Å². The Balaban J connectivity index is 0.970. The molecule has 5 fully saturated rings. The molecule has 8 rings (SSSR count). The molecule has 6 aliphatic rings. The second kappa shape index (κ2) is 10.1. The van der Waals surface area contributed by atoms with Crippen molar-refractivity contribution in [3.05, 3.63) is 64.7 Å². The molecule has 2 aromatic rings. The highest BCUT2D eigenvalue weighted by Crippen LogP contribution is 2.61. The zero-order valence-electron chi connectivity index (χ0n) is 22.6. The van der Waals surface area contributed by atoms with Crippen molar-refractivity contribution in [2.24, 2.45) is 23.2 Å². The van der Waals surface area contributed by atoms with Crippen LogP contribution >= 0.6 is 11.8 Å². The molecule has 2 aliphatic heterocycles. The highest BCUT2D eigenvalue weighted by atomic mass is 32.2. The molecule has 204 valence electrons. The highest BCUT2D eigenvalue weighted by Gasteiger charge is 2.50. The first kappa shape index (κ1) is 25.4. The first-order valence-corrected chi connectivity index (χ1v) is 15.9. The number of imide groups is 1. The fourth-order valence-electron chi connectivity index (χ4n) is 8.99. The zero-order chi connectivity index (χ0) is 26.6. The van der Waals surface area contributed by atoms with Crippen molar-refractivity contribution in [1.82, 2.24) is 10.2 Å². The van der Waals surface area contributed by atoms with Crippen LogP contribution in [-0.2, 0) is 28.3 Å². The summed E-state index contributed by atoms with van der Waals surface area (Å²) in [6.45, 7) is 0.425. The van der Waals surface area contributed by atoms with Gasteiger partial charge in [-0.15, -0.1) is 11.8 Å². The van der Waals surface area contributed by atoms with Crippen molar-refractivity contribution < 1.29 is 14.4 Å². The predicted octanol–water partition coefficient (Wildman–Crippen LogP) is 6.28. The Bertz CT molecular complexity index is 1280. The Kier molecular flexibility index (Phi) is 6.57. The van der Waals surface area contributed by atoms with Gasteiger partial charge in [-0.1, -0.05) is 30.3 Å². The van der Waals surface area contributed by atoms with Gasteiger partial charge in [0.05, 0.1) is 0 Å². The van der Waals surface area contributed by atoms with E-state index in [4.69, 9.17) is 0 Å². The first-order chi connectivity index (χ1) is 18.9. The molecule has 5 nitrogen and oxygen atoms in total. The molecule has 2 heterocycles. The van der Waals surface area contributed by atoms with Crippen LogP contribution in [0, 0.1) is 23.2 Å². The smallest absolute Gasteiger partial charge is 0.255 e. The topological polar surface area (TPSA) is 66.5 Å². The molecular formula is C33H38N2O3S. The number of benzene rings is 2. The van der Waals surface area contributed by atoms with Crippen LogP contribution in [0.2, 0.25) is 0 Å². The molecule has 4 aliphatic carbocycles. The number of thioether (sulfide) groups is 1. The number of carbonyl (C=O) groups excluding carboxylic acids is 3. The molecule has 4 saturated carbocycles. The third-order valence-corrected chi connectivity index (χ3v) is 11.4. The Morgan fingerprint density at radius 3 is 2.38 bits per heavy atom. The molecule has 0 radical (unpaired) electrons. The number of amides is 3. The van der Waals surface area contributed by atoms with Crippen molar-refractivity contribution in [3.63, 3.8) is 0 Å². The van der Waals surface area contributed by atoms with Gasteiger partial charge >= 0.3 is 0 Å². The van der Waals surface area contributed by atoms with E-state index in [1.165, 1.54) is 62.5 Å². The third-order valence-electron chi connectivity index (χ3n) is 10.3. The summed E-state index contributed by atoms with van der Waals surface area (Å²) < 4.78 is 0. The molecule has 1 atom stereocenters. The third kappa shape index (κ3) is 4.94. The first-order valence-electron chi connectivity index (χ1n) is 14.9. The average Bonchev–Trinajstić information content (AvgIpc) is 3.23. The molecule has 1 unspecified atom stereocenters. The quantitative estimate of drug-likeness (QED) is 0.315. The maximum Gasteiger partial charge on any atom is 0.255 e. The molecule has 2 aromatic carbocycles. The lowest BCUT2D eigenvalue weighted by Gasteiger charge is -2.57. The van der Waals surface area contributed by atoms with Crippen LogP contribution in [0.3, 0.4) is 0 Å². The van der Waals surface area contributed by atoms with Gasteiger partial charge < -0.3 is 4.90 Å². The van der Waals surface area contributed by atoms with E-state index >= 15 is 0 Å². The summed E-state index contributed by atoms with van der Waals surface area (Å²) in [6, 6.07) is 14.4. The number of nitrogens with one attached hydrogen (secondary N) is 1. The molecule has 1 saturated heterocycles. The van der Waals surface area contributed by atoms with Crippen molar-refractivity contribution in [2.75, 3.05) is 0 Å². The largest absolute Gasteiger partial charge is 0.322 e. The zero-order valence-corrected chi connectivity index (χ0v) is 23.4. The maximum atomic E-state index is 13.1. The maximum absolute atomic E-state index is 13.1. The van der Waals surface area contributed by atoms with Gasteiger partial charge in [0.1, 0.15) is 6.04 Å². The van der Waals surface area contributed by atoms with E-state index in [-0.39, 0.29) is 24.1 Å². The molecule has 3 amide bonds. The molecule has 0 aromatic heterocycles. The van der Waals surface area contributed by atoms with Gasteiger partial charge in [-0.05, 0) is 116 Å². The SMILES string of the molecule is O=C1CCC(N2Cc3c(SCc4cccc(CCCC56CC7CC(CC(C7)C5)C6)c4)cccc3C2=O)C(=O)N1. The molecule has 4 bridgehead atoms. The lowest BCUT2D eigenvalue weighted by Crippen LogP contribution is -2.52. The Labute approximate surface area is 235 Å². The van der Waals surface area contributed by atoms with Gasteiger partial charge in [-0.25, -0.2) is 0 Å². The minimum atomic E-state index is -0.574. The van der Waals surface area contributed by atoms with Gasteiger partial charge in [-0.2, -0.15) is 0 Å². The van der Waals surface area contributed by atoms with Crippen LogP contribution in [-0.4, -0.2) is 28.7 Å². The van der Waals surface area contributed by atoms with E-state index in [2.05, 4.69) is 35.6 Å². The van der Waals surface area contributed by atoms with E-state index in [1.54, 1.807) is 16.7 Å². The Morgan fingerprint density at radius 2 is 1.64 bits per heavy atom. The van der Waals surface area contributed by atoms with E-state index in [1.807, 2.05) is 12.1 Å². The summed E-state index contributed by atoms with van der Waals surface area (Å²) in [7, 11) is 0. The monoisotopic (exact) mass is 542 g/mol. The van der Waals surface area contributed by atoms with E-state index in [0.717, 1.165) is 40.4 Å². The lowest BCUT2D eigenvalue weighted by atomic mass is 9.48. The van der Waals surface area contributed by atoms with Crippen molar-refractivity contribution >= 4 is 29.5 Å². The standard InChI is InChI=1S/C33H38N2O3S/c36-30-10-9-28(31(37)34-30)35-19-27-26(32(35)38)7-2-8-29(27)39-20-22-5-1-4-21(12-22)6-3-11-33-16-23-13-24(17-33)15-25(14-23)18-33/h1-2,4-5,7-8,12,23-25,28H,3,6,9-11,13-20H2,(H,34,36,37). The Hall–Kier alpha value is -2.60. The molecule has 1 N–H and O–H groups in total. The fraction of sp³-hybridized carbons (Fsp3) is 0.545. The van der Waals surface area contributed by atoms with Crippen molar-refractivity contribution in [2.45, 2.75) is 93.9 Å². The van der Waals surface area contributed by atoms with E-state index in [9.17, 15) is 14.4 Å². The van der Waals surface area contributed by atoms with Crippen molar-refractivity contribution in [1.29, 1.82) is 0 Å². The summed E-state index contributed by atoms with van der Waals surface area (Å²) in [4.78, 5) is 39.9. The summed E-state index contributed by atoms with van der Waals surface area (Å²) >= 11 is 1.77. The second-order valence-electron chi connectivity index (χ2n) is 13.1. The predicted molar refractivity (Wildman–Crippen MR) is 152 cm³/mol. The number of rotatable bonds is 8. The number of nitrogens with zero attached hydrogens (tertiary/aromatic N) is 1. The molecule has 0 spiro atoms. The van der Waals surface area contributed by atoms with Gasteiger partial charge in [0.2, 0.25) is 11.8 Å². The Morgan fingerprint density at radius 1 is 0.923 bits per heavy atom. The summed E-state index contributed by atoms with van der Waals surface area (Å²) in [5.41, 5.74) is 5.10. The molecule has 39 heavy (non-hydrogen) atoms. The number of fused-ring (bicyclic) bond motifs is 1. The molecule has 6 heteroatoms. The van der Waals surface area contributed by atoms with Gasteiger partial charge in [0, 0.05) is 29.2 Å². The highest BCUT2D eigenvalue weighted by molar-refractivity contribution is 7.98. The fourth-order valence-corrected chi connectivity index (χ4v) is 10.0. The summed E-state index contributed by atoms with van der Waals surface area (Å²) in [5.74, 6) is 3.22. The number of hydrogen-bond donors (Lipinski definition) is 1. The van der Waals surface area contributed by atoms with Gasteiger partial charge in [0.25, 0.3) is 5.91 Å². The van der Waals surface area contributed by atoms with Gasteiger partial charge in [0.15, 0.2) is 0 Å². The number of hydrogen-bond acceptors (Lipinski definition) is 4. The number of piperidine rings is 1. The van der Waals surface area contributed by atoms with Crippen LogP contribution in [0.4, 0.5) is 0 Å². The lowest BCUT2D eigenvalue weighted by molar-refractivity contribution is -0.136. The van der Waals surface area contributed by atoms with Crippen LogP contribution in [0.1, 0.15) is 91.3 Å². The van der Waals surface area contributed by atoms with Crippen LogP contribution < -0.4 is 5.32 Å². The average molecular weight is 543 g/mol. The number of aryl methyl sites for hydroxylation is 1. The normalized spacial score (nSPS) is 31.1. The summed E-state index contributed by atoms with van der Waals surface area (Å²) in [5, 5.41) is 2.39. The minimum Gasteiger partial charge on any atom is -0.322 e. The van der Waals surface area contributed by atoms with Crippen molar-refractivity contribution in [3.8, 4) is 0 Å². The second-order valence-corrected chi connectivity index (χ2v) is 14.1. The molecular weight excluding hydrogens is 504 g/mol. The van der Waals surface area contributed by atoms with Gasteiger partial charge in [-0.3, -0.25) is 19.7 Å². The van der Waals surface area contributed by atoms with Crippen LogP contribution in [0.15, 0.2) is 47.4 Å². The van der Waals surface area contributed by atoms with Crippen LogP contribution in [0.25, 0.3) is 0 Å². The summed E-state index contributed by atoms with van der Waals surface area (Å²) in [6.07, 6.45) is 13.6. The minimum absolute atomic E-state index is 0.108. The number of carbonyl (C=O) groups is 3. The van der Waals surface area contributed by atoms with E-state index in [0.29, 0.717) is 23.9 Å². The van der Waals surface area contributed by atoms with E-state index < -0.39 is 6.04 Å².